The molecule has 2 rings (SSSR count). The Kier molecular flexibility index (Phi) is 3.18. The first kappa shape index (κ1) is 10.4. The lowest BCUT2D eigenvalue weighted by molar-refractivity contribution is 0.194. The van der Waals surface area contributed by atoms with Crippen LogP contribution in [-0.2, 0) is 12.8 Å². The van der Waals surface area contributed by atoms with Crippen molar-refractivity contribution < 1.29 is 9.52 Å². The van der Waals surface area contributed by atoms with Gasteiger partial charge in [0.25, 0.3) is 0 Å². The van der Waals surface area contributed by atoms with Crippen molar-refractivity contribution in [1.82, 2.24) is 4.98 Å². The molecule has 4 heteroatoms. The van der Waals surface area contributed by atoms with Crippen molar-refractivity contribution in [3.05, 3.63) is 40.2 Å². The van der Waals surface area contributed by atoms with Gasteiger partial charge in [0, 0.05) is 11.3 Å². The van der Waals surface area contributed by atoms with Gasteiger partial charge in [0.15, 0.2) is 5.89 Å². The molecule has 3 nitrogen and oxygen atoms in total. The van der Waals surface area contributed by atoms with Gasteiger partial charge >= 0.3 is 0 Å². The lowest BCUT2D eigenvalue weighted by Gasteiger charge is -1.97. The Morgan fingerprint density at radius 3 is 3.13 bits per heavy atom. The SMILES string of the molecule is CC(O)Cc1coc(Cc2cccs2)n1. The molecule has 0 fully saturated rings. The van der Waals surface area contributed by atoms with Crippen molar-refractivity contribution in [1.29, 1.82) is 0 Å². The predicted molar refractivity (Wildman–Crippen MR) is 59.0 cm³/mol. The summed E-state index contributed by atoms with van der Waals surface area (Å²) in [5.41, 5.74) is 0.816. The van der Waals surface area contributed by atoms with E-state index in [0.29, 0.717) is 12.3 Å². The summed E-state index contributed by atoms with van der Waals surface area (Å²) in [5.74, 6) is 0.716. The second-order valence-corrected chi connectivity index (χ2v) is 4.57. The average molecular weight is 223 g/mol. The topological polar surface area (TPSA) is 46.3 Å². The fourth-order valence-electron chi connectivity index (χ4n) is 1.39. The monoisotopic (exact) mass is 223 g/mol. The van der Waals surface area contributed by atoms with Gasteiger partial charge in [-0.2, -0.15) is 0 Å². The van der Waals surface area contributed by atoms with Crippen LogP contribution in [0.5, 0.6) is 0 Å². The third-order valence-electron chi connectivity index (χ3n) is 2.01. The van der Waals surface area contributed by atoms with E-state index in [1.807, 2.05) is 11.4 Å². The molecule has 1 unspecified atom stereocenters. The molecular formula is C11H13NO2S. The van der Waals surface area contributed by atoms with E-state index in [-0.39, 0.29) is 6.10 Å². The number of aliphatic hydroxyl groups excluding tert-OH is 1. The van der Waals surface area contributed by atoms with Crippen LogP contribution in [-0.4, -0.2) is 16.2 Å². The lowest BCUT2D eigenvalue weighted by Crippen LogP contribution is -2.04. The van der Waals surface area contributed by atoms with Gasteiger partial charge in [-0.15, -0.1) is 11.3 Å². The summed E-state index contributed by atoms with van der Waals surface area (Å²) in [4.78, 5) is 5.54. The van der Waals surface area contributed by atoms with Gasteiger partial charge in [0.2, 0.25) is 0 Å². The normalized spacial score (nSPS) is 12.9. The van der Waals surface area contributed by atoms with Gasteiger partial charge in [-0.25, -0.2) is 4.98 Å². The van der Waals surface area contributed by atoms with Crippen LogP contribution < -0.4 is 0 Å². The minimum absolute atomic E-state index is 0.371. The van der Waals surface area contributed by atoms with Crippen molar-refractivity contribution in [2.24, 2.45) is 0 Å². The molecule has 1 atom stereocenters. The van der Waals surface area contributed by atoms with Crippen molar-refractivity contribution in [3.63, 3.8) is 0 Å². The van der Waals surface area contributed by atoms with Crippen LogP contribution in [0.2, 0.25) is 0 Å². The van der Waals surface area contributed by atoms with Crippen molar-refractivity contribution in [2.75, 3.05) is 0 Å². The third-order valence-corrected chi connectivity index (χ3v) is 2.89. The first-order valence-corrected chi connectivity index (χ1v) is 5.75. The van der Waals surface area contributed by atoms with Crippen LogP contribution in [0.15, 0.2) is 28.2 Å². The standard InChI is InChI=1S/C11H13NO2S/c1-8(13)5-9-7-14-11(12-9)6-10-3-2-4-15-10/h2-4,7-8,13H,5-6H2,1H3. The van der Waals surface area contributed by atoms with Gasteiger partial charge in [-0.1, -0.05) is 6.07 Å². The predicted octanol–water partition coefficient (Wildman–Crippen LogP) is 2.25. The van der Waals surface area contributed by atoms with Crippen LogP contribution in [0.25, 0.3) is 0 Å². The highest BCUT2D eigenvalue weighted by Crippen LogP contribution is 2.14. The first-order chi connectivity index (χ1) is 7.24. The van der Waals surface area contributed by atoms with E-state index in [1.54, 1.807) is 24.5 Å². The molecule has 0 radical (unpaired) electrons. The van der Waals surface area contributed by atoms with E-state index >= 15 is 0 Å². The number of oxazole rings is 1. The Hall–Kier alpha value is -1.13. The summed E-state index contributed by atoms with van der Waals surface area (Å²) in [5, 5.41) is 11.2. The highest BCUT2D eigenvalue weighted by atomic mass is 32.1. The molecule has 0 saturated carbocycles. The summed E-state index contributed by atoms with van der Waals surface area (Å²) in [6.07, 6.45) is 2.53. The van der Waals surface area contributed by atoms with Crippen LogP contribution in [0.4, 0.5) is 0 Å². The van der Waals surface area contributed by atoms with Gasteiger partial charge < -0.3 is 9.52 Å². The van der Waals surface area contributed by atoms with E-state index in [0.717, 1.165) is 12.1 Å². The largest absolute Gasteiger partial charge is 0.448 e. The third kappa shape index (κ3) is 2.91. The number of aliphatic hydroxyl groups is 1. The average Bonchev–Trinajstić information content (AvgIpc) is 2.77. The number of hydrogen-bond acceptors (Lipinski definition) is 4. The van der Waals surface area contributed by atoms with Crippen molar-refractivity contribution >= 4 is 11.3 Å². The molecule has 0 aliphatic carbocycles. The Balaban J connectivity index is 2.01. The zero-order valence-electron chi connectivity index (χ0n) is 8.51. The zero-order valence-corrected chi connectivity index (χ0v) is 9.33. The second kappa shape index (κ2) is 4.59. The van der Waals surface area contributed by atoms with E-state index in [4.69, 9.17) is 4.42 Å². The molecular weight excluding hydrogens is 210 g/mol. The highest BCUT2D eigenvalue weighted by molar-refractivity contribution is 7.09. The first-order valence-electron chi connectivity index (χ1n) is 4.88. The molecule has 0 saturated heterocycles. The molecule has 0 bridgehead atoms. The number of rotatable bonds is 4. The summed E-state index contributed by atoms with van der Waals surface area (Å²) < 4.78 is 5.32. The summed E-state index contributed by atoms with van der Waals surface area (Å²) in [6.45, 7) is 1.74. The summed E-state index contributed by atoms with van der Waals surface area (Å²) >= 11 is 1.69. The molecule has 0 aromatic carbocycles. The molecule has 15 heavy (non-hydrogen) atoms. The summed E-state index contributed by atoms with van der Waals surface area (Å²) in [7, 11) is 0. The van der Waals surface area contributed by atoms with Crippen LogP contribution in [0.3, 0.4) is 0 Å². The van der Waals surface area contributed by atoms with E-state index < -0.39 is 0 Å². The Morgan fingerprint density at radius 2 is 2.47 bits per heavy atom. The van der Waals surface area contributed by atoms with Gasteiger partial charge in [-0.05, 0) is 18.4 Å². The smallest absolute Gasteiger partial charge is 0.199 e. The van der Waals surface area contributed by atoms with E-state index in [1.165, 1.54) is 4.88 Å². The lowest BCUT2D eigenvalue weighted by atomic mass is 10.2. The Labute approximate surface area is 92.4 Å². The molecule has 2 aromatic rings. The fourth-order valence-corrected chi connectivity index (χ4v) is 2.08. The second-order valence-electron chi connectivity index (χ2n) is 3.54. The number of thiophene rings is 1. The Morgan fingerprint density at radius 1 is 1.60 bits per heavy atom. The maximum Gasteiger partial charge on any atom is 0.199 e. The number of nitrogens with zero attached hydrogens (tertiary/aromatic N) is 1. The molecule has 0 aliphatic heterocycles. The minimum Gasteiger partial charge on any atom is -0.448 e. The molecule has 0 aliphatic rings. The number of hydrogen-bond donors (Lipinski definition) is 1. The van der Waals surface area contributed by atoms with Crippen LogP contribution >= 0.6 is 11.3 Å². The molecule has 2 aromatic heterocycles. The van der Waals surface area contributed by atoms with Gasteiger partial charge in [0.05, 0.1) is 18.2 Å². The molecule has 2 heterocycles. The van der Waals surface area contributed by atoms with Crippen LogP contribution in [0.1, 0.15) is 23.4 Å². The van der Waals surface area contributed by atoms with Crippen molar-refractivity contribution in [3.8, 4) is 0 Å². The molecule has 0 amide bonds. The van der Waals surface area contributed by atoms with Gasteiger partial charge in [-0.3, -0.25) is 0 Å². The molecule has 0 spiro atoms. The maximum absolute atomic E-state index is 9.19. The molecule has 1 N–H and O–H groups in total. The maximum atomic E-state index is 9.19. The summed E-state index contributed by atoms with van der Waals surface area (Å²) in [6, 6.07) is 4.07. The van der Waals surface area contributed by atoms with E-state index in [2.05, 4.69) is 11.1 Å². The molecule has 80 valence electrons. The quantitative estimate of drug-likeness (QED) is 0.864. The minimum atomic E-state index is -0.371. The van der Waals surface area contributed by atoms with E-state index in [9.17, 15) is 5.11 Å². The zero-order chi connectivity index (χ0) is 10.7. The Bertz CT molecular complexity index is 406. The fraction of sp³-hybridized carbons (Fsp3) is 0.364. The van der Waals surface area contributed by atoms with Crippen molar-refractivity contribution in [2.45, 2.75) is 25.9 Å². The van der Waals surface area contributed by atoms with Gasteiger partial charge in [0.1, 0.15) is 6.26 Å². The van der Waals surface area contributed by atoms with Crippen LogP contribution in [0, 0.1) is 0 Å². The highest BCUT2D eigenvalue weighted by Gasteiger charge is 2.07. The number of aromatic nitrogens is 1.